The molecule has 2 N–H and O–H groups in total. The van der Waals surface area contributed by atoms with Gasteiger partial charge in [0.05, 0.1) is 12.0 Å². The first-order chi connectivity index (χ1) is 15.7. The average molecular weight is 470 g/mol. The Morgan fingerprint density at radius 1 is 0.909 bits per heavy atom. The van der Waals surface area contributed by atoms with Gasteiger partial charge in [0, 0.05) is 36.2 Å². The smallest absolute Gasteiger partial charge is 0.262 e. The Morgan fingerprint density at radius 3 is 2.15 bits per heavy atom. The van der Waals surface area contributed by atoms with Crippen LogP contribution in [0.2, 0.25) is 0 Å². The van der Waals surface area contributed by atoms with Gasteiger partial charge in [0.25, 0.3) is 10.0 Å². The zero-order valence-electron chi connectivity index (χ0n) is 19.9. The number of methoxy groups -OCH3 is 1. The maximum Gasteiger partial charge on any atom is 0.262 e. The van der Waals surface area contributed by atoms with Crippen molar-refractivity contribution in [3.8, 4) is 5.75 Å². The molecule has 8 nitrogen and oxygen atoms in total. The van der Waals surface area contributed by atoms with E-state index in [0.717, 1.165) is 35.9 Å². The Labute approximate surface area is 196 Å². The Kier molecular flexibility index (Phi) is 7.43. The fourth-order valence-corrected chi connectivity index (χ4v) is 4.92. The lowest BCUT2D eigenvalue weighted by Crippen LogP contribution is -2.23. The third kappa shape index (κ3) is 5.54. The quantitative estimate of drug-likeness (QED) is 0.465. The van der Waals surface area contributed by atoms with Gasteiger partial charge in [-0.05, 0) is 82.1 Å². The third-order valence-corrected chi connectivity index (χ3v) is 7.04. The molecule has 0 atom stereocenters. The molecule has 1 heterocycles. The highest BCUT2D eigenvalue weighted by atomic mass is 32.2. The molecule has 0 bridgehead atoms. The van der Waals surface area contributed by atoms with Crippen LogP contribution in [0.15, 0.2) is 47.4 Å². The predicted molar refractivity (Wildman–Crippen MR) is 133 cm³/mol. The second-order valence-electron chi connectivity index (χ2n) is 7.69. The minimum atomic E-state index is -3.75. The normalized spacial score (nSPS) is 11.2. The number of nitrogens with one attached hydrogen (secondary N) is 2. The van der Waals surface area contributed by atoms with E-state index in [1.807, 2.05) is 19.9 Å². The fraction of sp³-hybridized carbons (Fsp3) is 0.333. The van der Waals surface area contributed by atoms with Gasteiger partial charge in [-0.15, -0.1) is 0 Å². The molecule has 0 aliphatic rings. The van der Waals surface area contributed by atoms with Gasteiger partial charge in [-0.25, -0.2) is 13.4 Å². The number of aryl methyl sites for hydroxylation is 1. The molecule has 0 unspecified atom stereocenters. The summed E-state index contributed by atoms with van der Waals surface area (Å²) < 4.78 is 33.8. The molecule has 0 fully saturated rings. The number of rotatable bonds is 9. The summed E-state index contributed by atoms with van der Waals surface area (Å²) in [5.74, 6) is 2.02. The topological polar surface area (TPSA) is 96.5 Å². The van der Waals surface area contributed by atoms with Crippen LogP contribution in [0.1, 0.15) is 30.7 Å². The van der Waals surface area contributed by atoms with Crippen LogP contribution in [0.3, 0.4) is 0 Å². The van der Waals surface area contributed by atoms with Crippen molar-refractivity contribution >= 4 is 33.2 Å². The molecule has 0 spiro atoms. The van der Waals surface area contributed by atoms with Gasteiger partial charge in [-0.1, -0.05) is 0 Å². The summed E-state index contributed by atoms with van der Waals surface area (Å²) in [7, 11) is -2.18. The molecule has 3 aromatic rings. The molecule has 2 aromatic carbocycles. The monoisotopic (exact) mass is 469 g/mol. The lowest BCUT2D eigenvalue weighted by molar-refractivity contribution is 0.411. The largest absolute Gasteiger partial charge is 0.496 e. The van der Waals surface area contributed by atoms with Crippen LogP contribution in [-0.4, -0.2) is 38.6 Å². The lowest BCUT2D eigenvalue weighted by Gasteiger charge is -2.20. The Balaban J connectivity index is 1.78. The first-order valence-corrected chi connectivity index (χ1v) is 12.3. The molecule has 3 rings (SSSR count). The van der Waals surface area contributed by atoms with Crippen LogP contribution < -0.4 is 19.7 Å². The van der Waals surface area contributed by atoms with Crippen LogP contribution in [-0.2, 0) is 10.0 Å². The summed E-state index contributed by atoms with van der Waals surface area (Å²) in [5, 5.41) is 3.20. The van der Waals surface area contributed by atoms with Crippen molar-refractivity contribution in [1.29, 1.82) is 0 Å². The predicted octanol–water partition coefficient (Wildman–Crippen LogP) is 4.80. The molecule has 0 radical (unpaired) electrons. The van der Waals surface area contributed by atoms with E-state index in [2.05, 4.69) is 38.8 Å². The highest BCUT2D eigenvalue weighted by Crippen LogP contribution is 2.28. The van der Waals surface area contributed by atoms with Crippen molar-refractivity contribution < 1.29 is 13.2 Å². The van der Waals surface area contributed by atoms with Crippen LogP contribution in [0.4, 0.5) is 23.1 Å². The molecule has 0 amide bonds. The number of nitrogens with zero attached hydrogens (tertiary/aromatic N) is 3. The summed E-state index contributed by atoms with van der Waals surface area (Å²) in [5.41, 5.74) is 3.53. The number of hydrogen-bond acceptors (Lipinski definition) is 7. The summed E-state index contributed by atoms with van der Waals surface area (Å²) in [4.78, 5) is 11.4. The molecule has 0 saturated carbocycles. The highest BCUT2D eigenvalue weighted by molar-refractivity contribution is 7.92. The molecule has 1 aromatic heterocycles. The van der Waals surface area contributed by atoms with Gasteiger partial charge in [0.15, 0.2) is 0 Å². The summed E-state index contributed by atoms with van der Waals surface area (Å²) >= 11 is 0. The minimum Gasteiger partial charge on any atom is -0.496 e. The average Bonchev–Trinajstić information content (AvgIpc) is 2.77. The zero-order valence-corrected chi connectivity index (χ0v) is 20.7. The summed E-state index contributed by atoms with van der Waals surface area (Å²) in [6.07, 6.45) is 0. The van der Waals surface area contributed by atoms with E-state index < -0.39 is 10.0 Å². The molecular weight excluding hydrogens is 438 g/mol. The SMILES string of the molecule is CCN(CC)c1cc(C)nc(Nc2ccc(NS(=O)(=O)c3ccc(OC)c(C)c3C)cc2)n1. The van der Waals surface area contributed by atoms with E-state index in [9.17, 15) is 8.42 Å². The molecule has 176 valence electrons. The van der Waals surface area contributed by atoms with Crippen molar-refractivity contribution in [1.82, 2.24) is 9.97 Å². The number of ether oxygens (including phenoxy) is 1. The second-order valence-corrected chi connectivity index (χ2v) is 9.34. The number of sulfonamides is 1. The molecule has 0 aliphatic carbocycles. The van der Waals surface area contributed by atoms with Gasteiger partial charge < -0.3 is 15.0 Å². The third-order valence-electron chi connectivity index (χ3n) is 5.52. The summed E-state index contributed by atoms with van der Waals surface area (Å²) in [6.45, 7) is 11.4. The van der Waals surface area contributed by atoms with Gasteiger partial charge >= 0.3 is 0 Å². The molecule has 33 heavy (non-hydrogen) atoms. The van der Waals surface area contributed by atoms with E-state index in [4.69, 9.17) is 4.74 Å². The fourth-order valence-electron chi connectivity index (χ4n) is 3.56. The van der Waals surface area contributed by atoms with Gasteiger partial charge in [-0.3, -0.25) is 4.72 Å². The van der Waals surface area contributed by atoms with E-state index >= 15 is 0 Å². The van der Waals surface area contributed by atoms with Crippen molar-refractivity contribution in [2.75, 3.05) is 35.1 Å². The first-order valence-electron chi connectivity index (χ1n) is 10.8. The van der Waals surface area contributed by atoms with E-state index in [1.165, 1.54) is 0 Å². The van der Waals surface area contributed by atoms with E-state index in [0.29, 0.717) is 22.9 Å². The van der Waals surface area contributed by atoms with Crippen molar-refractivity contribution in [3.05, 3.63) is 59.3 Å². The van der Waals surface area contributed by atoms with Gasteiger partial charge in [0.1, 0.15) is 11.6 Å². The van der Waals surface area contributed by atoms with E-state index in [-0.39, 0.29) is 4.90 Å². The summed E-state index contributed by atoms with van der Waals surface area (Å²) in [6, 6.07) is 12.2. The Bertz CT molecular complexity index is 1220. The van der Waals surface area contributed by atoms with Gasteiger partial charge in [-0.2, -0.15) is 4.98 Å². The molecule has 0 saturated heterocycles. The van der Waals surface area contributed by atoms with Crippen molar-refractivity contribution in [3.63, 3.8) is 0 Å². The van der Waals surface area contributed by atoms with Gasteiger partial charge in [0.2, 0.25) is 5.95 Å². The lowest BCUT2D eigenvalue weighted by atomic mass is 10.1. The van der Waals surface area contributed by atoms with E-state index in [1.54, 1.807) is 50.4 Å². The standard InChI is InChI=1S/C24H31N5O3S/c1-7-29(8-2)23-15-16(3)25-24(27-23)26-19-9-11-20(12-10-19)28-33(30,31)22-14-13-21(32-6)17(4)18(22)5/h9-15,28H,7-8H2,1-6H3,(H,25,26,27). The number of anilines is 4. The Hall–Kier alpha value is -3.33. The van der Waals surface area contributed by atoms with Crippen LogP contribution >= 0.6 is 0 Å². The number of benzene rings is 2. The maximum absolute atomic E-state index is 13.0. The van der Waals surface area contributed by atoms with Crippen molar-refractivity contribution in [2.45, 2.75) is 39.5 Å². The van der Waals surface area contributed by atoms with Crippen LogP contribution in [0.5, 0.6) is 5.75 Å². The Morgan fingerprint density at radius 2 is 1.55 bits per heavy atom. The molecular formula is C24H31N5O3S. The first kappa shape index (κ1) is 24.3. The molecule has 9 heteroatoms. The van der Waals surface area contributed by atoms with Crippen molar-refractivity contribution in [2.24, 2.45) is 0 Å². The zero-order chi connectivity index (χ0) is 24.2. The maximum atomic E-state index is 13.0. The minimum absolute atomic E-state index is 0.222. The van der Waals surface area contributed by atoms with Crippen LogP contribution in [0.25, 0.3) is 0 Å². The number of hydrogen-bond donors (Lipinski definition) is 2. The molecule has 0 aliphatic heterocycles. The highest BCUT2D eigenvalue weighted by Gasteiger charge is 2.19. The van der Waals surface area contributed by atoms with Crippen LogP contribution in [0, 0.1) is 20.8 Å². The number of aromatic nitrogens is 2. The second kappa shape index (κ2) is 10.1.